The molecule has 0 unspecified atom stereocenters. The number of hydrogen-bond donors (Lipinski definition) is 1. The molecule has 1 saturated heterocycles. The summed E-state index contributed by atoms with van der Waals surface area (Å²) in [6, 6.07) is 6.91. The Morgan fingerprint density at radius 3 is 2.86 bits per heavy atom. The highest BCUT2D eigenvalue weighted by molar-refractivity contribution is 5.95. The number of ether oxygens (including phenoxy) is 2. The molecule has 1 aromatic rings. The van der Waals surface area contributed by atoms with E-state index in [9.17, 15) is 9.59 Å². The van der Waals surface area contributed by atoms with Crippen molar-refractivity contribution in [2.45, 2.75) is 6.42 Å². The molecule has 114 valence electrons. The number of benzene rings is 1. The van der Waals surface area contributed by atoms with Crippen LogP contribution >= 0.6 is 0 Å². The molecule has 6 nitrogen and oxygen atoms in total. The van der Waals surface area contributed by atoms with E-state index in [2.05, 4.69) is 0 Å². The number of carbonyl (C=O) groups excluding carboxylic acids is 1. The van der Waals surface area contributed by atoms with Crippen molar-refractivity contribution in [1.82, 2.24) is 4.90 Å². The minimum atomic E-state index is -0.845. The van der Waals surface area contributed by atoms with E-state index in [1.165, 1.54) is 0 Å². The minimum Gasteiger partial charge on any atom is -0.491 e. The second kappa shape index (κ2) is 7.08. The van der Waals surface area contributed by atoms with Crippen molar-refractivity contribution in [2.75, 3.05) is 33.4 Å². The van der Waals surface area contributed by atoms with Gasteiger partial charge in [0.15, 0.2) is 0 Å². The van der Waals surface area contributed by atoms with E-state index >= 15 is 0 Å². The molecule has 1 atom stereocenters. The molecular formula is C15H19NO5. The number of rotatable bonds is 6. The molecule has 1 aliphatic rings. The quantitative estimate of drug-likeness (QED) is 0.799. The molecule has 1 aromatic carbocycles. The van der Waals surface area contributed by atoms with Crippen molar-refractivity contribution < 1.29 is 24.2 Å². The van der Waals surface area contributed by atoms with Crippen LogP contribution in [0, 0.1) is 5.92 Å². The van der Waals surface area contributed by atoms with Gasteiger partial charge in [0.25, 0.3) is 5.91 Å². The molecule has 0 bridgehead atoms. The van der Waals surface area contributed by atoms with Crippen molar-refractivity contribution in [1.29, 1.82) is 0 Å². The highest BCUT2D eigenvalue weighted by Crippen LogP contribution is 2.21. The average molecular weight is 293 g/mol. The summed E-state index contributed by atoms with van der Waals surface area (Å²) >= 11 is 0. The van der Waals surface area contributed by atoms with Crippen molar-refractivity contribution in [3.63, 3.8) is 0 Å². The van der Waals surface area contributed by atoms with E-state index in [0.29, 0.717) is 37.5 Å². The van der Waals surface area contributed by atoms with E-state index in [0.717, 1.165) is 0 Å². The molecule has 1 fully saturated rings. The van der Waals surface area contributed by atoms with Crippen molar-refractivity contribution in [2.24, 2.45) is 5.92 Å². The predicted octanol–water partition coefficient (Wildman–Crippen LogP) is 1.26. The Labute approximate surface area is 123 Å². The third-order valence-electron chi connectivity index (χ3n) is 3.46. The van der Waals surface area contributed by atoms with Crippen LogP contribution in [0.1, 0.15) is 16.8 Å². The Hall–Kier alpha value is -2.08. The zero-order chi connectivity index (χ0) is 15.2. The highest BCUT2D eigenvalue weighted by atomic mass is 16.5. The van der Waals surface area contributed by atoms with Gasteiger partial charge in [0.2, 0.25) is 0 Å². The van der Waals surface area contributed by atoms with E-state index < -0.39 is 11.9 Å². The fourth-order valence-corrected chi connectivity index (χ4v) is 2.29. The largest absolute Gasteiger partial charge is 0.491 e. The molecule has 21 heavy (non-hydrogen) atoms. The van der Waals surface area contributed by atoms with Gasteiger partial charge in [0.1, 0.15) is 12.4 Å². The van der Waals surface area contributed by atoms with Gasteiger partial charge in [0, 0.05) is 25.8 Å². The number of carboxylic acid groups (broad SMARTS) is 1. The Morgan fingerprint density at radius 1 is 1.38 bits per heavy atom. The molecule has 2 rings (SSSR count). The molecule has 1 heterocycles. The van der Waals surface area contributed by atoms with Crippen LogP contribution in [0.2, 0.25) is 0 Å². The molecule has 1 aliphatic heterocycles. The zero-order valence-corrected chi connectivity index (χ0v) is 11.9. The predicted molar refractivity (Wildman–Crippen MR) is 75.5 cm³/mol. The summed E-state index contributed by atoms with van der Waals surface area (Å²) in [4.78, 5) is 24.9. The monoisotopic (exact) mass is 293 g/mol. The lowest BCUT2D eigenvalue weighted by molar-refractivity contribution is -0.141. The van der Waals surface area contributed by atoms with E-state index in [-0.39, 0.29) is 12.5 Å². The number of methoxy groups -OCH3 is 1. The summed E-state index contributed by atoms with van der Waals surface area (Å²) in [5.74, 6) is -0.861. The number of amides is 1. The first-order valence-corrected chi connectivity index (χ1v) is 6.85. The molecule has 1 amide bonds. The number of hydrogen-bond acceptors (Lipinski definition) is 4. The zero-order valence-electron chi connectivity index (χ0n) is 11.9. The van der Waals surface area contributed by atoms with E-state index in [4.69, 9.17) is 14.6 Å². The lowest BCUT2D eigenvalue weighted by atomic mass is 10.1. The number of carboxylic acids is 1. The molecule has 6 heteroatoms. The first-order chi connectivity index (χ1) is 10.1. The average Bonchev–Trinajstić information content (AvgIpc) is 2.97. The van der Waals surface area contributed by atoms with Gasteiger partial charge >= 0.3 is 5.97 Å². The number of carbonyl (C=O) groups is 2. The fourth-order valence-electron chi connectivity index (χ4n) is 2.29. The smallest absolute Gasteiger partial charge is 0.308 e. The molecule has 0 radical (unpaired) electrons. The Bertz CT molecular complexity index is 517. The Morgan fingerprint density at radius 2 is 2.19 bits per heavy atom. The van der Waals surface area contributed by atoms with Gasteiger partial charge in [0.05, 0.1) is 12.5 Å². The maximum atomic E-state index is 12.4. The fraction of sp³-hybridized carbons (Fsp3) is 0.467. The summed E-state index contributed by atoms with van der Waals surface area (Å²) in [7, 11) is 1.59. The molecule has 0 saturated carbocycles. The molecular weight excluding hydrogens is 274 g/mol. The van der Waals surface area contributed by atoms with Gasteiger partial charge in [-0.15, -0.1) is 0 Å². The van der Waals surface area contributed by atoms with Crippen molar-refractivity contribution in [3.05, 3.63) is 29.8 Å². The molecule has 1 N–H and O–H groups in total. The van der Waals surface area contributed by atoms with Crippen LogP contribution in [0.3, 0.4) is 0 Å². The molecule has 0 spiro atoms. The normalized spacial score (nSPS) is 17.8. The highest BCUT2D eigenvalue weighted by Gasteiger charge is 2.31. The lowest BCUT2D eigenvalue weighted by Crippen LogP contribution is -2.29. The van der Waals surface area contributed by atoms with Crippen LogP contribution < -0.4 is 4.74 Å². The second-order valence-electron chi connectivity index (χ2n) is 4.94. The summed E-state index contributed by atoms with van der Waals surface area (Å²) in [6.45, 7) is 1.64. The number of likely N-dealkylation sites (tertiary alicyclic amines) is 1. The number of nitrogens with zero attached hydrogens (tertiary/aromatic N) is 1. The van der Waals surface area contributed by atoms with Crippen molar-refractivity contribution in [3.8, 4) is 5.75 Å². The first-order valence-electron chi connectivity index (χ1n) is 6.85. The second-order valence-corrected chi connectivity index (χ2v) is 4.94. The van der Waals surface area contributed by atoms with Gasteiger partial charge < -0.3 is 19.5 Å². The summed E-state index contributed by atoms with van der Waals surface area (Å²) in [5, 5.41) is 8.98. The van der Waals surface area contributed by atoms with Crippen LogP contribution in [0.25, 0.3) is 0 Å². The maximum Gasteiger partial charge on any atom is 0.308 e. The summed E-state index contributed by atoms with van der Waals surface area (Å²) in [5.41, 5.74) is 0.510. The van der Waals surface area contributed by atoms with Gasteiger partial charge in [-0.25, -0.2) is 0 Å². The van der Waals surface area contributed by atoms with Crippen LogP contribution in [0.15, 0.2) is 24.3 Å². The van der Waals surface area contributed by atoms with Crippen molar-refractivity contribution >= 4 is 11.9 Å². The number of aliphatic carboxylic acids is 1. The maximum absolute atomic E-state index is 12.4. The summed E-state index contributed by atoms with van der Waals surface area (Å²) < 4.78 is 10.4. The Balaban J connectivity index is 1.99. The standard InChI is InChI=1S/C15H19NO5/c1-20-7-8-21-13-4-2-3-11(9-13)14(17)16-6-5-12(10-16)15(18)19/h2-4,9,12H,5-8,10H2,1H3,(H,18,19)/t12-/m1/s1. The van der Waals surface area contributed by atoms with Gasteiger partial charge in [-0.2, -0.15) is 0 Å². The molecule has 0 aliphatic carbocycles. The topological polar surface area (TPSA) is 76.1 Å². The Kier molecular flexibility index (Phi) is 5.16. The van der Waals surface area contributed by atoms with Crippen LogP contribution in [-0.4, -0.2) is 55.3 Å². The molecule has 0 aromatic heterocycles. The van der Waals surface area contributed by atoms with Gasteiger partial charge in [-0.3, -0.25) is 9.59 Å². The first kappa shape index (κ1) is 15.3. The van der Waals surface area contributed by atoms with Gasteiger partial charge in [-0.1, -0.05) is 6.07 Å². The van der Waals surface area contributed by atoms with Crippen LogP contribution in [0.5, 0.6) is 5.75 Å². The van der Waals surface area contributed by atoms with E-state index in [1.807, 2.05) is 0 Å². The van der Waals surface area contributed by atoms with Crippen LogP contribution in [0.4, 0.5) is 0 Å². The third-order valence-corrected chi connectivity index (χ3v) is 3.46. The van der Waals surface area contributed by atoms with E-state index in [1.54, 1.807) is 36.3 Å². The summed E-state index contributed by atoms with van der Waals surface area (Å²) in [6.07, 6.45) is 0.505. The van der Waals surface area contributed by atoms with Crippen LogP contribution in [-0.2, 0) is 9.53 Å². The third kappa shape index (κ3) is 3.95. The van der Waals surface area contributed by atoms with Gasteiger partial charge in [-0.05, 0) is 24.6 Å². The lowest BCUT2D eigenvalue weighted by Gasteiger charge is -2.16. The minimum absolute atomic E-state index is 0.157. The SMILES string of the molecule is COCCOc1cccc(C(=O)N2CC[C@@H](C(=O)O)C2)c1.